The molecule has 1 aromatic heterocycles. The van der Waals surface area contributed by atoms with Crippen molar-refractivity contribution in [2.75, 3.05) is 5.32 Å². The summed E-state index contributed by atoms with van der Waals surface area (Å²) in [5.41, 5.74) is 3.33. The van der Waals surface area contributed by atoms with Gasteiger partial charge in [-0.25, -0.2) is 0 Å². The van der Waals surface area contributed by atoms with Gasteiger partial charge in [-0.2, -0.15) is 13.2 Å². The Kier molecular flexibility index (Phi) is 6.53. The number of anilines is 1. The molecular weight excluding hydrogens is 373 g/mol. The second-order valence-corrected chi connectivity index (χ2v) is 7.58. The maximum atomic E-state index is 12.6. The minimum Gasteiger partial charge on any atom is -0.359 e. The van der Waals surface area contributed by atoms with E-state index in [-0.39, 0.29) is 0 Å². The summed E-state index contributed by atoms with van der Waals surface area (Å²) >= 11 is 0. The van der Waals surface area contributed by atoms with E-state index in [0.29, 0.717) is 0 Å². The highest BCUT2D eigenvalue weighted by molar-refractivity contribution is 5.93. The number of hydrogen-bond acceptors (Lipinski definition) is 1. The number of halogens is 3. The lowest BCUT2D eigenvalue weighted by Gasteiger charge is -2.08. The Balaban J connectivity index is 0.000000536. The molecule has 0 aliphatic heterocycles. The predicted octanol–water partition coefficient (Wildman–Crippen LogP) is 6.78. The van der Waals surface area contributed by atoms with Crippen molar-refractivity contribution in [3.05, 3.63) is 65.4 Å². The molecule has 1 fully saturated rings. The zero-order chi connectivity index (χ0) is 20.9. The van der Waals surface area contributed by atoms with Crippen LogP contribution in [0, 0.1) is 18.4 Å². The highest BCUT2D eigenvalue weighted by atomic mass is 19.4. The van der Waals surface area contributed by atoms with Gasteiger partial charge in [0.1, 0.15) is 0 Å². The van der Waals surface area contributed by atoms with Crippen molar-refractivity contribution in [2.24, 2.45) is 5.92 Å². The minimum absolute atomic E-state index is 0.609. The van der Waals surface area contributed by atoms with Crippen LogP contribution in [-0.2, 0) is 19.0 Å². The standard InChI is InChI=1S/C20H17F3N2.C4H8/c1-2-24-19-13-25-18-11-8-15(12-17(18)19)5-3-4-14-6-9-16(10-7-14)20(21,22)23;1-4-2-3-4/h1,6-13,24-25H,3-5H2;4H,2-3H2,1H3. The van der Waals surface area contributed by atoms with Gasteiger partial charge in [0.2, 0.25) is 0 Å². The molecule has 1 aliphatic carbocycles. The molecule has 2 aromatic carbocycles. The molecule has 2 nitrogen and oxygen atoms in total. The predicted molar refractivity (Wildman–Crippen MR) is 113 cm³/mol. The summed E-state index contributed by atoms with van der Waals surface area (Å²) in [4.78, 5) is 3.15. The van der Waals surface area contributed by atoms with Gasteiger partial charge in [0.25, 0.3) is 0 Å². The van der Waals surface area contributed by atoms with E-state index in [2.05, 4.69) is 29.3 Å². The summed E-state index contributed by atoms with van der Waals surface area (Å²) in [7, 11) is 0. The Labute approximate surface area is 169 Å². The number of nitrogens with one attached hydrogen (secondary N) is 2. The summed E-state index contributed by atoms with van der Waals surface area (Å²) in [6, 6.07) is 13.9. The fourth-order valence-electron chi connectivity index (χ4n) is 3.03. The Morgan fingerprint density at radius 1 is 1.07 bits per heavy atom. The zero-order valence-corrected chi connectivity index (χ0v) is 16.4. The summed E-state index contributed by atoms with van der Waals surface area (Å²) in [6.07, 6.45) is 8.24. The van der Waals surface area contributed by atoms with Gasteiger partial charge < -0.3 is 10.3 Å². The minimum atomic E-state index is -4.28. The number of rotatable bonds is 5. The van der Waals surface area contributed by atoms with Crippen LogP contribution in [0.15, 0.2) is 48.7 Å². The van der Waals surface area contributed by atoms with Crippen LogP contribution in [0.2, 0.25) is 0 Å². The number of alkyl halides is 3. The van der Waals surface area contributed by atoms with Crippen LogP contribution in [0.4, 0.5) is 18.9 Å². The van der Waals surface area contributed by atoms with Crippen LogP contribution < -0.4 is 5.32 Å². The zero-order valence-electron chi connectivity index (χ0n) is 16.4. The molecule has 152 valence electrons. The molecule has 1 heterocycles. The molecule has 0 unspecified atom stereocenters. The van der Waals surface area contributed by atoms with Crippen LogP contribution in [0.1, 0.15) is 42.9 Å². The number of H-pyrrole nitrogens is 1. The number of aromatic amines is 1. The Hall–Kier alpha value is -2.87. The number of fused-ring (bicyclic) bond motifs is 1. The molecule has 0 bridgehead atoms. The van der Waals surface area contributed by atoms with E-state index in [1.807, 2.05) is 18.3 Å². The molecule has 0 atom stereocenters. The van der Waals surface area contributed by atoms with Gasteiger partial charge in [-0.1, -0.05) is 44.4 Å². The molecule has 1 saturated carbocycles. The first-order valence-corrected chi connectivity index (χ1v) is 9.84. The van der Waals surface area contributed by atoms with Gasteiger partial charge in [0.05, 0.1) is 11.3 Å². The van der Waals surface area contributed by atoms with Gasteiger partial charge in [0, 0.05) is 23.1 Å². The van der Waals surface area contributed by atoms with Crippen molar-refractivity contribution in [1.82, 2.24) is 4.98 Å². The fourth-order valence-corrected chi connectivity index (χ4v) is 3.03. The summed E-state index contributed by atoms with van der Waals surface area (Å²) in [6.45, 7) is 2.28. The van der Waals surface area contributed by atoms with E-state index in [1.165, 1.54) is 18.4 Å². The first kappa shape index (κ1) is 20.9. The fraction of sp³-hybridized carbons (Fsp3) is 0.333. The number of benzene rings is 2. The van der Waals surface area contributed by atoms with Crippen LogP contribution in [0.25, 0.3) is 10.9 Å². The largest absolute Gasteiger partial charge is 0.416 e. The first-order chi connectivity index (χ1) is 13.9. The lowest BCUT2D eigenvalue weighted by atomic mass is 10.0. The third-order valence-electron chi connectivity index (χ3n) is 5.03. The van der Waals surface area contributed by atoms with E-state index in [9.17, 15) is 13.2 Å². The van der Waals surface area contributed by atoms with Gasteiger partial charge in [-0.05, 0) is 60.6 Å². The molecule has 3 aromatic rings. The molecule has 1 aliphatic rings. The number of terminal acetylenes is 1. The van der Waals surface area contributed by atoms with Crippen molar-refractivity contribution < 1.29 is 13.2 Å². The smallest absolute Gasteiger partial charge is 0.359 e. The van der Waals surface area contributed by atoms with E-state index >= 15 is 0 Å². The van der Waals surface area contributed by atoms with Crippen LogP contribution >= 0.6 is 0 Å². The molecule has 29 heavy (non-hydrogen) atoms. The second-order valence-electron chi connectivity index (χ2n) is 7.58. The molecule has 5 heteroatoms. The molecule has 0 radical (unpaired) electrons. The Morgan fingerprint density at radius 3 is 2.28 bits per heavy atom. The molecule has 2 N–H and O–H groups in total. The van der Waals surface area contributed by atoms with E-state index in [0.717, 1.165) is 59.5 Å². The lowest BCUT2D eigenvalue weighted by Crippen LogP contribution is -2.04. The van der Waals surface area contributed by atoms with Gasteiger partial charge in [-0.3, -0.25) is 0 Å². The van der Waals surface area contributed by atoms with E-state index in [4.69, 9.17) is 6.42 Å². The molecule has 0 saturated heterocycles. The number of aryl methyl sites for hydroxylation is 2. The molecular formula is C24H25F3N2. The summed E-state index contributed by atoms with van der Waals surface area (Å²) in [5.74, 6) is 1.08. The summed E-state index contributed by atoms with van der Waals surface area (Å²) in [5, 5.41) is 3.89. The quantitative estimate of drug-likeness (QED) is 0.360. The molecule has 4 rings (SSSR count). The van der Waals surface area contributed by atoms with Gasteiger partial charge in [-0.15, -0.1) is 0 Å². The monoisotopic (exact) mass is 398 g/mol. The lowest BCUT2D eigenvalue weighted by molar-refractivity contribution is -0.137. The average molecular weight is 398 g/mol. The Bertz CT molecular complexity index is 974. The average Bonchev–Trinajstić information content (AvgIpc) is 3.38. The maximum Gasteiger partial charge on any atom is 0.416 e. The van der Waals surface area contributed by atoms with Gasteiger partial charge >= 0.3 is 6.18 Å². The highest BCUT2D eigenvalue weighted by Crippen LogP contribution is 2.29. The van der Waals surface area contributed by atoms with Crippen molar-refractivity contribution in [2.45, 2.75) is 45.2 Å². The topological polar surface area (TPSA) is 27.8 Å². The first-order valence-electron chi connectivity index (χ1n) is 9.84. The Morgan fingerprint density at radius 2 is 1.69 bits per heavy atom. The molecule has 0 spiro atoms. The summed E-state index contributed by atoms with van der Waals surface area (Å²) < 4.78 is 37.7. The van der Waals surface area contributed by atoms with E-state index < -0.39 is 11.7 Å². The number of hydrogen-bond donors (Lipinski definition) is 2. The third kappa shape index (κ3) is 6.05. The van der Waals surface area contributed by atoms with Crippen molar-refractivity contribution >= 4 is 16.6 Å². The van der Waals surface area contributed by atoms with E-state index in [1.54, 1.807) is 12.1 Å². The normalized spacial score (nSPS) is 13.5. The SMILES string of the molecule is C#CNc1c[nH]c2ccc(CCCc3ccc(C(F)(F)F)cc3)cc12.CC1CC1. The van der Waals surface area contributed by atoms with Crippen LogP contribution in [0.5, 0.6) is 0 Å². The highest BCUT2D eigenvalue weighted by Gasteiger charge is 2.29. The second kappa shape index (κ2) is 9.09. The van der Waals surface area contributed by atoms with Crippen molar-refractivity contribution in [1.29, 1.82) is 0 Å². The number of aromatic nitrogens is 1. The van der Waals surface area contributed by atoms with Crippen LogP contribution in [-0.4, -0.2) is 4.98 Å². The van der Waals surface area contributed by atoms with Crippen molar-refractivity contribution in [3.8, 4) is 12.5 Å². The third-order valence-corrected chi connectivity index (χ3v) is 5.03. The van der Waals surface area contributed by atoms with Crippen molar-refractivity contribution in [3.63, 3.8) is 0 Å². The van der Waals surface area contributed by atoms with Crippen LogP contribution in [0.3, 0.4) is 0 Å². The van der Waals surface area contributed by atoms with Gasteiger partial charge in [0.15, 0.2) is 0 Å². The maximum absolute atomic E-state index is 12.6. The molecule has 0 amide bonds.